The topological polar surface area (TPSA) is 140 Å². The molecule has 0 atom stereocenters. The van der Waals surface area contributed by atoms with Crippen molar-refractivity contribution in [2.45, 2.75) is 26.2 Å². The van der Waals surface area contributed by atoms with Crippen LogP contribution in [0.5, 0.6) is 11.5 Å². The van der Waals surface area contributed by atoms with Gasteiger partial charge in [-0.05, 0) is 24.3 Å². The molecule has 5 rings (SSSR count). The minimum atomic E-state index is -0.713. The lowest BCUT2D eigenvalue weighted by molar-refractivity contribution is 0.262. The Hall–Kier alpha value is -5.13. The highest BCUT2D eigenvalue weighted by Gasteiger charge is 2.22. The van der Waals surface area contributed by atoms with E-state index in [0.29, 0.717) is 17.0 Å². The van der Waals surface area contributed by atoms with Crippen LogP contribution in [0.2, 0.25) is 0 Å². The summed E-state index contributed by atoms with van der Waals surface area (Å²) in [5.41, 5.74) is 1.31. The molecule has 38 heavy (non-hydrogen) atoms. The molecule has 192 valence electrons. The molecule has 0 bridgehead atoms. The lowest BCUT2D eigenvalue weighted by Crippen LogP contribution is -2.22. The Morgan fingerprint density at radius 3 is 2.55 bits per heavy atom. The van der Waals surface area contributed by atoms with Gasteiger partial charge in [0.15, 0.2) is 11.4 Å². The third-order valence-corrected chi connectivity index (χ3v) is 5.48. The first-order valence-electron chi connectivity index (χ1n) is 11.6. The number of fused-ring (bicyclic) bond motifs is 1. The first-order valence-corrected chi connectivity index (χ1v) is 11.6. The number of anilines is 2. The van der Waals surface area contributed by atoms with E-state index in [0.717, 1.165) is 18.0 Å². The summed E-state index contributed by atoms with van der Waals surface area (Å²) >= 11 is 0. The van der Waals surface area contributed by atoms with Gasteiger partial charge in [-0.2, -0.15) is 5.10 Å². The zero-order chi connectivity index (χ0) is 26.9. The monoisotopic (exact) mass is 514 g/mol. The van der Waals surface area contributed by atoms with Gasteiger partial charge in [-0.25, -0.2) is 23.8 Å². The van der Waals surface area contributed by atoms with Crippen LogP contribution in [0.1, 0.15) is 26.5 Å². The summed E-state index contributed by atoms with van der Waals surface area (Å²) in [7, 11) is 0. The van der Waals surface area contributed by atoms with E-state index in [1.807, 2.05) is 20.8 Å². The summed E-state index contributed by atoms with van der Waals surface area (Å²) in [6.45, 7) is 6.04. The van der Waals surface area contributed by atoms with Crippen LogP contribution < -0.4 is 20.9 Å². The van der Waals surface area contributed by atoms with E-state index in [1.165, 1.54) is 18.3 Å². The van der Waals surface area contributed by atoms with Gasteiger partial charge in [0.1, 0.15) is 22.9 Å². The molecule has 0 radical (unpaired) electrons. The van der Waals surface area contributed by atoms with Crippen LogP contribution in [-0.4, -0.2) is 35.7 Å². The van der Waals surface area contributed by atoms with Crippen molar-refractivity contribution in [3.05, 3.63) is 89.1 Å². The fourth-order valence-electron chi connectivity index (χ4n) is 3.58. The molecule has 0 saturated heterocycles. The van der Waals surface area contributed by atoms with Gasteiger partial charge in [0.25, 0.3) is 5.56 Å². The predicted octanol–water partition coefficient (Wildman–Crippen LogP) is 4.77. The van der Waals surface area contributed by atoms with Crippen LogP contribution in [0.3, 0.4) is 0 Å². The van der Waals surface area contributed by atoms with Crippen molar-refractivity contribution in [3.8, 4) is 17.2 Å². The molecule has 0 spiro atoms. The van der Waals surface area contributed by atoms with E-state index >= 15 is 0 Å². The number of carbonyl (C=O) groups is 1. The summed E-state index contributed by atoms with van der Waals surface area (Å²) in [5, 5.41) is 9.89. The number of aromatic nitrogens is 6. The molecule has 5 aromatic rings. The van der Waals surface area contributed by atoms with Gasteiger partial charge in [-0.1, -0.05) is 20.8 Å². The highest BCUT2D eigenvalue weighted by Crippen LogP contribution is 2.29. The number of nitrogens with zero attached hydrogens (tertiary/aromatic N) is 5. The number of carbonyl (C=O) groups excluding carboxylic acids is 1. The Morgan fingerprint density at radius 1 is 1.03 bits per heavy atom. The van der Waals surface area contributed by atoms with Gasteiger partial charge < -0.3 is 15.0 Å². The lowest BCUT2D eigenvalue weighted by Gasteiger charge is -2.14. The molecule has 0 unspecified atom stereocenters. The number of pyridine rings is 2. The standard InChI is InChI=1S/C26H23FN8O3/c1-26(2,3)20-13-21(35(34-20)15-6-9-28-10-7-15)32-25(37)31-18-5-4-16(12-17(18)27)38-19-8-11-29-24-23(19)30-14-22(36)33-24/h4-14H,1-3H3,(H,29,33,36)(H2,31,32,37). The molecule has 0 aliphatic heterocycles. The van der Waals surface area contributed by atoms with E-state index in [2.05, 4.69) is 35.7 Å². The predicted molar refractivity (Wildman–Crippen MR) is 139 cm³/mol. The molecule has 4 aromatic heterocycles. The van der Waals surface area contributed by atoms with E-state index in [9.17, 15) is 14.0 Å². The van der Waals surface area contributed by atoms with Crippen LogP contribution in [-0.2, 0) is 5.41 Å². The van der Waals surface area contributed by atoms with E-state index in [-0.39, 0.29) is 28.2 Å². The number of H-pyrrole nitrogens is 1. The molecule has 4 heterocycles. The number of rotatable bonds is 5. The maximum atomic E-state index is 14.9. The molecule has 0 fully saturated rings. The number of hydrogen-bond donors (Lipinski definition) is 3. The Bertz CT molecular complexity index is 1690. The van der Waals surface area contributed by atoms with Crippen LogP contribution >= 0.6 is 0 Å². The average Bonchev–Trinajstić information content (AvgIpc) is 3.30. The molecule has 0 aliphatic carbocycles. The Morgan fingerprint density at radius 2 is 1.82 bits per heavy atom. The van der Waals surface area contributed by atoms with Gasteiger partial charge in [0, 0.05) is 42.2 Å². The molecule has 0 aliphatic rings. The zero-order valence-corrected chi connectivity index (χ0v) is 20.7. The second kappa shape index (κ2) is 9.73. The summed E-state index contributed by atoms with van der Waals surface area (Å²) in [5.74, 6) is 0.146. The number of benzene rings is 1. The van der Waals surface area contributed by atoms with E-state index in [1.54, 1.807) is 41.3 Å². The largest absolute Gasteiger partial charge is 0.455 e. The van der Waals surface area contributed by atoms with Crippen molar-refractivity contribution in [2.75, 3.05) is 10.6 Å². The highest BCUT2D eigenvalue weighted by atomic mass is 19.1. The maximum absolute atomic E-state index is 14.9. The van der Waals surface area contributed by atoms with Crippen molar-refractivity contribution in [2.24, 2.45) is 0 Å². The zero-order valence-electron chi connectivity index (χ0n) is 20.7. The number of urea groups is 1. The minimum Gasteiger partial charge on any atom is -0.455 e. The molecule has 1 aromatic carbocycles. The van der Waals surface area contributed by atoms with Gasteiger partial charge in [0.05, 0.1) is 23.3 Å². The quantitative estimate of drug-likeness (QED) is 0.307. The number of aromatic amines is 1. The molecule has 2 amide bonds. The van der Waals surface area contributed by atoms with Gasteiger partial charge in [0.2, 0.25) is 0 Å². The van der Waals surface area contributed by atoms with Crippen LogP contribution in [0, 0.1) is 5.82 Å². The third-order valence-electron chi connectivity index (χ3n) is 5.48. The molecule has 3 N–H and O–H groups in total. The third kappa shape index (κ3) is 5.19. The van der Waals surface area contributed by atoms with E-state index in [4.69, 9.17) is 4.74 Å². The summed E-state index contributed by atoms with van der Waals surface area (Å²) < 4.78 is 22.3. The number of halogens is 1. The normalized spacial score (nSPS) is 11.4. The summed E-state index contributed by atoms with van der Waals surface area (Å²) in [6, 6.07) is 10.2. The second-order valence-corrected chi connectivity index (χ2v) is 9.36. The van der Waals surface area contributed by atoms with Crippen LogP contribution in [0.25, 0.3) is 16.9 Å². The van der Waals surface area contributed by atoms with Crippen LogP contribution in [0.4, 0.5) is 20.7 Å². The molecule has 0 saturated carbocycles. The maximum Gasteiger partial charge on any atom is 0.324 e. The van der Waals surface area contributed by atoms with Gasteiger partial charge in [-0.3, -0.25) is 15.1 Å². The first-order chi connectivity index (χ1) is 18.2. The van der Waals surface area contributed by atoms with Gasteiger partial charge >= 0.3 is 6.03 Å². The van der Waals surface area contributed by atoms with Crippen molar-refractivity contribution >= 4 is 28.7 Å². The Balaban J connectivity index is 1.34. The second-order valence-electron chi connectivity index (χ2n) is 9.36. The molecular weight excluding hydrogens is 491 g/mol. The number of hydrogen-bond acceptors (Lipinski definition) is 7. The Labute approximate surface area is 215 Å². The fraction of sp³-hybridized carbons (Fsp3) is 0.154. The fourth-order valence-corrected chi connectivity index (χ4v) is 3.58. The molecule has 11 nitrogen and oxygen atoms in total. The number of amides is 2. The molecule has 12 heteroatoms. The van der Waals surface area contributed by atoms with Crippen molar-refractivity contribution < 1.29 is 13.9 Å². The van der Waals surface area contributed by atoms with Crippen LogP contribution in [0.15, 0.2) is 72.0 Å². The van der Waals surface area contributed by atoms with Crippen molar-refractivity contribution in [3.63, 3.8) is 0 Å². The summed E-state index contributed by atoms with van der Waals surface area (Å²) in [6.07, 6.45) is 5.80. The minimum absolute atomic E-state index is 0.0529. The molecular formula is C26H23FN8O3. The smallest absolute Gasteiger partial charge is 0.324 e. The lowest BCUT2D eigenvalue weighted by atomic mass is 9.92. The Kier molecular flexibility index (Phi) is 6.29. The van der Waals surface area contributed by atoms with Crippen molar-refractivity contribution in [1.82, 2.24) is 29.7 Å². The highest BCUT2D eigenvalue weighted by molar-refractivity contribution is 5.99. The first kappa shape index (κ1) is 24.6. The van der Waals surface area contributed by atoms with E-state index < -0.39 is 17.4 Å². The number of nitrogens with one attached hydrogen (secondary N) is 3. The van der Waals surface area contributed by atoms with Gasteiger partial charge in [-0.15, -0.1) is 0 Å². The van der Waals surface area contributed by atoms with Crippen molar-refractivity contribution in [1.29, 1.82) is 0 Å². The average molecular weight is 515 g/mol. The summed E-state index contributed by atoms with van der Waals surface area (Å²) in [4.78, 5) is 39.0. The number of ether oxygens (including phenoxy) is 1. The SMILES string of the molecule is CC(C)(C)c1cc(NC(=O)Nc2ccc(Oc3ccnc4[nH]c(=O)cnc34)cc2F)n(-c2ccncc2)n1.